The summed E-state index contributed by atoms with van der Waals surface area (Å²) in [6, 6.07) is 0. The van der Waals surface area contributed by atoms with E-state index in [0.29, 0.717) is 67.0 Å². The van der Waals surface area contributed by atoms with E-state index in [2.05, 4.69) is 69.2 Å². The number of hydrogen-bond donors (Lipinski definition) is 1. The zero-order valence-corrected chi connectivity index (χ0v) is 28.5. The van der Waals surface area contributed by atoms with Gasteiger partial charge in [-0.15, -0.1) is 0 Å². The number of epoxide rings is 2. The lowest BCUT2D eigenvalue weighted by atomic mass is 9.61. The fraction of sp³-hybridized carbons (Fsp3) is 1.00. The van der Waals surface area contributed by atoms with E-state index >= 15 is 0 Å². The van der Waals surface area contributed by atoms with Crippen molar-refractivity contribution >= 4 is 0 Å². The lowest BCUT2D eigenvalue weighted by Crippen LogP contribution is -2.47. The molecule has 0 amide bonds. The van der Waals surface area contributed by atoms with Gasteiger partial charge < -0.3 is 33.5 Å². The zero-order chi connectivity index (χ0) is 30.9. The largest absolute Gasteiger partial charge is 0.388 e. The predicted octanol–water partition coefficient (Wildman–Crippen LogP) is 6.45. The minimum absolute atomic E-state index is 0. The molecule has 11 unspecified atom stereocenters. The van der Waals surface area contributed by atoms with E-state index in [-0.39, 0.29) is 8.96 Å². The van der Waals surface area contributed by atoms with Crippen molar-refractivity contribution in [1.82, 2.24) is 0 Å². The van der Waals surface area contributed by atoms with E-state index in [1.807, 2.05) is 0 Å². The Balaban J connectivity index is 0.000000661. The molecule has 2 saturated carbocycles. The first-order chi connectivity index (χ1) is 19.4. The maximum Gasteiger partial charge on any atom is 0.104 e. The SMILES string of the molecule is CCC1C(C)C(C)C(OCC2CO2)C(C)C1C.COCC(O)COC1C(C)C(C)C(C)C(C)C1C.COCC1CO1.[HH].[HH]. The highest BCUT2D eigenvalue weighted by molar-refractivity contribution is 4.92. The molecular weight excluding hydrogens is 520 g/mol. The van der Waals surface area contributed by atoms with Crippen molar-refractivity contribution in [3.63, 3.8) is 0 Å². The van der Waals surface area contributed by atoms with Gasteiger partial charge in [0.2, 0.25) is 0 Å². The average molecular weight is 591 g/mol. The zero-order valence-electron chi connectivity index (χ0n) is 28.5. The molecule has 2 saturated heterocycles. The second kappa shape index (κ2) is 17.9. The van der Waals surface area contributed by atoms with Crippen LogP contribution in [0.4, 0.5) is 0 Å². The fourth-order valence-corrected chi connectivity index (χ4v) is 7.40. The van der Waals surface area contributed by atoms with Crippen LogP contribution < -0.4 is 0 Å². The van der Waals surface area contributed by atoms with Gasteiger partial charge in [0.05, 0.1) is 51.8 Å². The number of methoxy groups -OCH3 is 2. The Bertz CT molecular complexity index is 678. The molecule has 0 spiro atoms. The molecule has 0 radical (unpaired) electrons. The molecule has 248 valence electrons. The lowest BCUT2D eigenvalue weighted by Gasteiger charge is -2.47. The molecule has 7 nitrogen and oxygen atoms in total. The minimum atomic E-state index is -0.514. The highest BCUT2D eigenvalue weighted by Gasteiger charge is 2.44. The van der Waals surface area contributed by atoms with Crippen LogP contribution in [0.15, 0.2) is 0 Å². The molecule has 2 aliphatic heterocycles. The Kier molecular flexibility index (Phi) is 16.1. The Hall–Kier alpha value is -0.280. The molecule has 2 aliphatic carbocycles. The Morgan fingerprint density at radius 2 is 1.02 bits per heavy atom. The van der Waals surface area contributed by atoms with Crippen LogP contribution in [0.25, 0.3) is 0 Å². The molecule has 41 heavy (non-hydrogen) atoms. The number of hydrogen-bond acceptors (Lipinski definition) is 7. The van der Waals surface area contributed by atoms with E-state index in [4.69, 9.17) is 28.4 Å². The number of aliphatic hydroxyl groups excluding tert-OH is 1. The molecule has 4 fully saturated rings. The third kappa shape index (κ3) is 11.0. The third-order valence-electron chi connectivity index (χ3n) is 11.3. The summed E-state index contributed by atoms with van der Waals surface area (Å²) >= 11 is 0. The van der Waals surface area contributed by atoms with Gasteiger partial charge in [-0.1, -0.05) is 75.7 Å². The number of aliphatic hydroxyl groups is 1. The monoisotopic (exact) mass is 591 g/mol. The highest BCUT2D eigenvalue weighted by Crippen LogP contribution is 2.45. The summed E-state index contributed by atoms with van der Waals surface area (Å²) in [5, 5.41) is 9.69. The molecular formula is C34H70O7. The second-order valence-corrected chi connectivity index (χ2v) is 13.9. The molecule has 2 heterocycles. The quantitative estimate of drug-likeness (QED) is 0.277. The van der Waals surface area contributed by atoms with Crippen molar-refractivity contribution in [3.8, 4) is 0 Å². The van der Waals surface area contributed by atoms with Crippen LogP contribution in [0.3, 0.4) is 0 Å². The molecule has 4 aliphatic rings. The molecule has 1 N–H and O–H groups in total. The van der Waals surface area contributed by atoms with Crippen LogP contribution in [-0.2, 0) is 28.4 Å². The molecule has 7 heteroatoms. The predicted molar refractivity (Wildman–Crippen MR) is 169 cm³/mol. The van der Waals surface area contributed by atoms with Gasteiger partial charge in [-0.3, -0.25) is 0 Å². The van der Waals surface area contributed by atoms with Gasteiger partial charge in [-0.2, -0.15) is 0 Å². The topological polar surface area (TPSA) is 82.2 Å². The third-order valence-corrected chi connectivity index (χ3v) is 11.3. The summed E-state index contributed by atoms with van der Waals surface area (Å²) in [4.78, 5) is 0. The average Bonchev–Trinajstić information content (AvgIpc) is 3.88. The second-order valence-electron chi connectivity index (χ2n) is 13.9. The van der Waals surface area contributed by atoms with Gasteiger partial charge in [0.15, 0.2) is 0 Å². The Labute approximate surface area is 255 Å². The summed E-state index contributed by atoms with van der Waals surface area (Å²) in [6.45, 7) is 27.5. The maximum atomic E-state index is 9.69. The van der Waals surface area contributed by atoms with Crippen LogP contribution in [-0.4, -0.2) is 89.5 Å². The first kappa shape index (κ1) is 36.9. The maximum absolute atomic E-state index is 9.69. The summed E-state index contributed by atoms with van der Waals surface area (Å²) in [7, 11) is 3.28. The van der Waals surface area contributed by atoms with Crippen molar-refractivity contribution in [2.75, 3.05) is 53.9 Å². The van der Waals surface area contributed by atoms with Crippen LogP contribution in [0.1, 0.15) is 78.5 Å². The van der Waals surface area contributed by atoms with Crippen LogP contribution in [0.2, 0.25) is 0 Å². The van der Waals surface area contributed by atoms with Crippen molar-refractivity contribution in [1.29, 1.82) is 0 Å². The molecule has 11 atom stereocenters. The minimum Gasteiger partial charge on any atom is -0.388 e. The normalized spacial score (nSPS) is 44.1. The Morgan fingerprint density at radius 3 is 1.41 bits per heavy atom. The van der Waals surface area contributed by atoms with Gasteiger partial charge in [-0.25, -0.2) is 0 Å². The lowest BCUT2D eigenvalue weighted by molar-refractivity contribution is -0.119. The van der Waals surface area contributed by atoms with E-state index in [1.165, 1.54) is 6.42 Å². The van der Waals surface area contributed by atoms with E-state index < -0.39 is 6.10 Å². The summed E-state index contributed by atoms with van der Waals surface area (Å²) in [6.07, 6.45) is 2.28. The first-order valence-electron chi connectivity index (χ1n) is 16.5. The van der Waals surface area contributed by atoms with Gasteiger partial charge in [0, 0.05) is 17.1 Å². The van der Waals surface area contributed by atoms with Crippen molar-refractivity contribution < 1.29 is 36.4 Å². The standard InChI is InChI=1S/C15H30O3.C15H28O2.C4H8O2.2H2/c1-9-10(2)12(4)15(13(5)11(9)3)18-8-14(16)7-17-6;1-6-14-9(2)11(4)15(12(5)10(14)3)17-8-13-7-16-13;1-5-2-4-3-6-4;;/h9-16H,7-8H2,1-6H3;9-15H,6-8H2,1-5H3;4H,2-3H2,1H3;2*1H. The molecule has 0 bridgehead atoms. The number of ether oxygens (including phenoxy) is 6. The Morgan fingerprint density at radius 1 is 0.610 bits per heavy atom. The van der Waals surface area contributed by atoms with E-state index in [9.17, 15) is 5.11 Å². The highest BCUT2D eigenvalue weighted by atomic mass is 16.6. The van der Waals surface area contributed by atoms with Crippen molar-refractivity contribution in [2.45, 2.75) is 106 Å². The van der Waals surface area contributed by atoms with Crippen LogP contribution in [0.5, 0.6) is 0 Å². The van der Waals surface area contributed by atoms with Crippen LogP contribution >= 0.6 is 0 Å². The van der Waals surface area contributed by atoms with Gasteiger partial charge >= 0.3 is 0 Å². The first-order valence-corrected chi connectivity index (χ1v) is 16.5. The summed E-state index contributed by atoms with van der Waals surface area (Å²) in [5.74, 6) is 6.90. The molecule has 0 aromatic heterocycles. The number of rotatable bonds is 11. The smallest absolute Gasteiger partial charge is 0.104 e. The van der Waals surface area contributed by atoms with Gasteiger partial charge in [0.1, 0.15) is 18.3 Å². The van der Waals surface area contributed by atoms with Gasteiger partial charge in [-0.05, 0) is 59.2 Å². The molecule has 4 rings (SSSR count). The summed E-state index contributed by atoms with van der Waals surface area (Å²) < 4.78 is 31.9. The molecule has 0 aromatic rings. The van der Waals surface area contributed by atoms with E-state index in [0.717, 1.165) is 50.1 Å². The van der Waals surface area contributed by atoms with Gasteiger partial charge in [0.25, 0.3) is 0 Å². The fourth-order valence-electron chi connectivity index (χ4n) is 7.40. The molecule has 0 aromatic carbocycles. The summed E-state index contributed by atoms with van der Waals surface area (Å²) in [5.41, 5.74) is 0. The van der Waals surface area contributed by atoms with Crippen molar-refractivity contribution in [3.05, 3.63) is 0 Å². The van der Waals surface area contributed by atoms with Crippen molar-refractivity contribution in [2.24, 2.45) is 59.2 Å². The van der Waals surface area contributed by atoms with E-state index in [1.54, 1.807) is 14.2 Å². The van der Waals surface area contributed by atoms with Crippen LogP contribution in [0, 0.1) is 59.2 Å².